The summed E-state index contributed by atoms with van der Waals surface area (Å²) in [5.41, 5.74) is 0.350. The molecule has 0 fully saturated rings. The fraction of sp³-hybridized carbons (Fsp3) is 0.143. The molecule has 3 aromatic rings. The van der Waals surface area contributed by atoms with E-state index in [2.05, 4.69) is 20.5 Å². The van der Waals surface area contributed by atoms with E-state index >= 15 is 0 Å². The van der Waals surface area contributed by atoms with Crippen molar-refractivity contribution in [2.24, 2.45) is 0 Å². The largest absolute Gasteiger partial charge is 0.480 e. The molecule has 3 rings (SSSR count). The van der Waals surface area contributed by atoms with Crippen molar-refractivity contribution >= 4 is 17.2 Å². The number of carbonyl (C=O) groups is 1. The van der Waals surface area contributed by atoms with Crippen LogP contribution in [-0.4, -0.2) is 28.2 Å². The van der Waals surface area contributed by atoms with E-state index in [0.717, 1.165) is 4.88 Å². The standard InChI is InChI=1S/C14H12N4O3S/c1-20-13-9(4-2-6-15-13)12(19)16-8-11-17-18-14(21-11)10-5-3-7-22-10/h2-7H,8H2,1H3,(H,16,19). The molecular formula is C14H12N4O3S. The molecule has 22 heavy (non-hydrogen) atoms. The highest BCUT2D eigenvalue weighted by molar-refractivity contribution is 7.13. The first-order chi connectivity index (χ1) is 10.8. The average molecular weight is 316 g/mol. The Bertz CT molecular complexity index is 770. The maximum absolute atomic E-state index is 12.1. The number of carbonyl (C=O) groups excluding carboxylic acids is 1. The number of hydrogen-bond donors (Lipinski definition) is 1. The fourth-order valence-electron chi connectivity index (χ4n) is 1.80. The Morgan fingerprint density at radius 1 is 1.36 bits per heavy atom. The molecule has 0 unspecified atom stereocenters. The predicted molar refractivity (Wildman–Crippen MR) is 79.6 cm³/mol. The molecular weight excluding hydrogens is 304 g/mol. The van der Waals surface area contributed by atoms with E-state index in [1.807, 2.05) is 17.5 Å². The SMILES string of the molecule is COc1ncccc1C(=O)NCc1nnc(-c2cccs2)o1. The van der Waals surface area contributed by atoms with Crippen molar-refractivity contribution in [3.05, 3.63) is 47.3 Å². The van der Waals surface area contributed by atoms with Crippen molar-refractivity contribution in [3.8, 4) is 16.6 Å². The van der Waals surface area contributed by atoms with Crippen molar-refractivity contribution in [1.29, 1.82) is 0 Å². The second kappa shape index (κ2) is 6.35. The molecule has 0 aliphatic rings. The highest BCUT2D eigenvalue weighted by Gasteiger charge is 2.14. The Morgan fingerprint density at radius 3 is 3.05 bits per heavy atom. The summed E-state index contributed by atoms with van der Waals surface area (Å²) in [4.78, 5) is 17.0. The Labute approximate surface area is 130 Å². The monoisotopic (exact) mass is 316 g/mol. The Hall–Kier alpha value is -2.74. The number of nitrogens with zero attached hydrogens (tertiary/aromatic N) is 3. The van der Waals surface area contributed by atoms with Gasteiger partial charge in [-0.15, -0.1) is 21.5 Å². The summed E-state index contributed by atoms with van der Waals surface area (Å²) in [6.45, 7) is 0.134. The molecule has 1 amide bonds. The van der Waals surface area contributed by atoms with Gasteiger partial charge in [-0.25, -0.2) is 4.98 Å². The summed E-state index contributed by atoms with van der Waals surface area (Å²) in [5.74, 6) is 0.725. The third-order valence-electron chi connectivity index (χ3n) is 2.81. The van der Waals surface area contributed by atoms with Crippen LogP contribution in [0.3, 0.4) is 0 Å². The van der Waals surface area contributed by atoms with Gasteiger partial charge in [-0.2, -0.15) is 0 Å². The normalized spacial score (nSPS) is 10.4. The van der Waals surface area contributed by atoms with Crippen molar-refractivity contribution in [2.45, 2.75) is 6.54 Å². The van der Waals surface area contributed by atoms with Gasteiger partial charge in [0.1, 0.15) is 5.56 Å². The zero-order chi connectivity index (χ0) is 15.4. The molecule has 0 bridgehead atoms. The molecule has 0 aliphatic heterocycles. The fourth-order valence-corrected chi connectivity index (χ4v) is 2.45. The Morgan fingerprint density at radius 2 is 2.27 bits per heavy atom. The van der Waals surface area contributed by atoms with Crippen molar-refractivity contribution < 1.29 is 13.9 Å². The molecule has 0 atom stereocenters. The van der Waals surface area contributed by atoms with Gasteiger partial charge in [-0.3, -0.25) is 4.79 Å². The third kappa shape index (κ3) is 2.96. The van der Waals surface area contributed by atoms with Crippen LogP contribution in [0.5, 0.6) is 5.88 Å². The molecule has 0 saturated carbocycles. The summed E-state index contributed by atoms with van der Waals surface area (Å²) >= 11 is 1.51. The van der Waals surface area contributed by atoms with Crippen LogP contribution in [0.1, 0.15) is 16.2 Å². The van der Waals surface area contributed by atoms with Gasteiger partial charge in [0.05, 0.1) is 18.5 Å². The third-order valence-corrected chi connectivity index (χ3v) is 3.67. The number of methoxy groups -OCH3 is 1. The second-order valence-electron chi connectivity index (χ2n) is 4.22. The highest BCUT2D eigenvalue weighted by atomic mass is 32.1. The van der Waals surface area contributed by atoms with Gasteiger partial charge in [-0.1, -0.05) is 6.07 Å². The van der Waals surface area contributed by atoms with E-state index in [4.69, 9.17) is 9.15 Å². The molecule has 8 heteroatoms. The summed E-state index contributed by atoms with van der Waals surface area (Å²) in [5, 5.41) is 12.5. The Kier molecular flexibility index (Phi) is 4.10. The van der Waals surface area contributed by atoms with Gasteiger partial charge in [0, 0.05) is 6.20 Å². The molecule has 0 aromatic carbocycles. The van der Waals surface area contributed by atoms with Crippen LogP contribution in [0.4, 0.5) is 0 Å². The first-order valence-corrected chi connectivity index (χ1v) is 7.29. The molecule has 112 valence electrons. The number of pyridine rings is 1. The van der Waals surface area contributed by atoms with Crippen LogP contribution in [0.2, 0.25) is 0 Å². The molecule has 0 spiro atoms. The predicted octanol–water partition coefficient (Wildman–Crippen LogP) is 2.13. The van der Waals surface area contributed by atoms with E-state index in [0.29, 0.717) is 17.3 Å². The number of nitrogens with one attached hydrogen (secondary N) is 1. The number of thiophene rings is 1. The van der Waals surface area contributed by atoms with E-state index in [1.165, 1.54) is 18.4 Å². The van der Waals surface area contributed by atoms with Gasteiger partial charge < -0.3 is 14.5 Å². The summed E-state index contributed by atoms with van der Waals surface area (Å²) in [6, 6.07) is 7.09. The second-order valence-corrected chi connectivity index (χ2v) is 5.17. The number of hydrogen-bond acceptors (Lipinski definition) is 7. The molecule has 0 aliphatic carbocycles. The molecule has 3 heterocycles. The van der Waals surface area contributed by atoms with Crippen molar-refractivity contribution in [1.82, 2.24) is 20.5 Å². The van der Waals surface area contributed by atoms with Crippen LogP contribution in [0, 0.1) is 0 Å². The van der Waals surface area contributed by atoms with Crippen LogP contribution >= 0.6 is 11.3 Å². The lowest BCUT2D eigenvalue weighted by Gasteiger charge is -2.06. The minimum atomic E-state index is -0.319. The Balaban J connectivity index is 1.66. The maximum atomic E-state index is 12.1. The van der Waals surface area contributed by atoms with Gasteiger partial charge in [0.15, 0.2) is 0 Å². The van der Waals surface area contributed by atoms with Gasteiger partial charge in [-0.05, 0) is 23.6 Å². The lowest BCUT2D eigenvalue weighted by atomic mass is 10.2. The first kappa shape index (κ1) is 14.2. The van der Waals surface area contributed by atoms with Crippen LogP contribution in [0.15, 0.2) is 40.3 Å². The zero-order valence-corrected chi connectivity index (χ0v) is 12.5. The van der Waals surface area contributed by atoms with E-state index in [-0.39, 0.29) is 18.3 Å². The van der Waals surface area contributed by atoms with Crippen LogP contribution < -0.4 is 10.1 Å². The molecule has 3 aromatic heterocycles. The molecule has 1 N–H and O–H groups in total. The smallest absolute Gasteiger partial charge is 0.257 e. The van der Waals surface area contributed by atoms with Gasteiger partial charge in [0.2, 0.25) is 11.8 Å². The number of rotatable bonds is 5. The summed E-state index contributed by atoms with van der Waals surface area (Å²) in [6.07, 6.45) is 1.56. The van der Waals surface area contributed by atoms with E-state index < -0.39 is 0 Å². The molecule has 0 saturated heterocycles. The number of amides is 1. The molecule has 7 nitrogen and oxygen atoms in total. The maximum Gasteiger partial charge on any atom is 0.257 e. The van der Waals surface area contributed by atoms with Crippen molar-refractivity contribution in [3.63, 3.8) is 0 Å². The number of aromatic nitrogens is 3. The van der Waals surface area contributed by atoms with Gasteiger partial charge in [0.25, 0.3) is 11.8 Å². The van der Waals surface area contributed by atoms with E-state index in [9.17, 15) is 4.79 Å². The van der Waals surface area contributed by atoms with Crippen molar-refractivity contribution in [2.75, 3.05) is 7.11 Å². The van der Waals surface area contributed by atoms with Crippen LogP contribution in [-0.2, 0) is 6.54 Å². The quantitative estimate of drug-likeness (QED) is 0.775. The number of ether oxygens (including phenoxy) is 1. The summed E-state index contributed by atoms with van der Waals surface area (Å²) < 4.78 is 10.5. The molecule has 0 radical (unpaired) electrons. The minimum absolute atomic E-state index is 0.134. The highest BCUT2D eigenvalue weighted by Crippen LogP contribution is 2.22. The average Bonchev–Trinajstić information content (AvgIpc) is 3.23. The lowest BCUT2D eigenvalue weighted by molar-refractivity contribution is 0.0943. The lowest BCUT2D eigenvalue weighted by Crippen LogP contribution is -2.23. The topological polar surface area (TPSA) is 90.1 Å². The first-order valence-electron chi connectivity index (χ1n) is 6.41. The summed E-state index contributed by atoms with van der Waals surface area (Å²) in [7, 11) is 1.46. The minimum Gasteiger partial charge on any atom is -0.480 e. The zero-order valence-electron chi connectivity index (χ0n) is 11.6. The van der Waals surface area contributed by atoms with Crippen LogP contribution in [0.25, 0.3) is 10.8 Å². The van der Waals surface area contributed by atoms with E-state index in [1.54, 1.807) is 18.3 Å². The van der Waals surface area contributed by atoms with Gasteiger partial charge >= 0.3 is 0 Å².